The van der Waals surface area contributed by atoms with Crippen LogP contribution in [0.5, 0.6) is 0 Å². The Morgan fingerprint density at radius 2 is 1.40 bits per heavy atom. The molecule has 124 valence electrons. The molecule has 1 amide bonds. The van der Waals surface area contributed by atoms with Crippen molar-refractivity contribution in [2.75, 3.05) is 4.90 Å². The minimum Gasteiger partial charge on any atom is -0.478 e. The molecule has 0 unspecified atom stereocenters. The second-order valence-electron chi connectivity index (χ2n) is 5.52. The molecule has 3 aromatic carbocycles. The summed E-state index contributed by atoms with van der Waals surface area (Å²) in [6, 6.07) is 18.9. The normalized spacial score (nSPS) is 10.4. The van der Waals surface area contributed by atoms with Gasteiger partial charge >= 0.3 is 5.97 Å². The highest BCUT2D eigenvalue weighted by Gasteiger charge is 2.26. The van der Waals surface area contributed by atoms with Crippen LogP contribution < -0.4 is 4.90 Å². The Morgan fingerprint density at radius 3 is 2.12 bits per heavy atom. The minimum absolute atomic E-state index is 0.0509. The number of nitrogens with zero attached hydrogens (tertiary/aromatic N) is 1. The van der Waals surface area contributed by atoms with E-state index in [4.69, 9.17) is 0 Å². The van der Waals surface area contributed by atoms with Crippen LogP contribution in [0.4, 0.5) is 11.4 Å². The monoisotopic (exact) mass is 333 g/mol. The van der Waals surface area contributed by atoms with Crippen molar-refractivity contribution < 1.29 is 19.5 Å². The summed E-state index contributed by atoms with van der Waals surface area (Å²) in [6.07, 6.45) is 0. The fraction of sp³-hybridized carbons (Fsp3) is 0.0500. The van der Waals surface area contributed by atoms with Crippen LogP contribution in [0, 0.1) is 0 Å². The van der Waals surface area contributed by atoms with Crippen LogP contribution in [-0.4, -0.2) is 22.8 Å². The van der Waals surface area contributed by atoms with Gasteiger partial charge in [-0.3, -0.25) is 14.5 Å². The van der Waals surface area contributed by atoms with Gasteiger partial charge in [0.05, 0.1) is 16.9 Å². The molecule has 0 heterocycles. The number of benzene rings is 3. The summed E-state index contributed by atoms with van der Waals surface area (Å²) in [6.45, 7) is 1.17. The maximum absolute atomic E-state index is 12.6. The molecule has 0 atom stereocenters. The zero-order valence-corrected chi connectivity index (χ0v) is 13.5. The maximum Gasteiger partial charge on any atom is 0.337 e. The van der Waals surface area contributed by atoms with Crippen molar-refractivity contribution in [1.82, 2.24) is 0 Å². The predicted octanol–water partition coefficient (Wildman–Crippen LogP) is 3.79. The molecular formula is C20H15NO4. The quantitative estimate of drug-likeness (QED) is 0.737. The summed E-state index contributed by atoms with van der Waals surface area (Å²) in [4.78, 5) is 37.2. The largest absolute Gasteiger partial charge is 0.478 e. The molecule has 0 aliphatic carbocycles. The lowest BCUT2D eigenvalue weighted by molar-refractivity contribution is -0.134. The number of carboxylic acid groups (broad SMARTS) is 1. The van der Waals surface area contributed by atoms with Gasteiger partial charge in [-0.25, -0.2) is 4.79 Å². The maximum atomic E-state index is 12.6. The molecule has 0 radical (unpaired) electrons. The molecule has 0 fully saturated rings. The number of fused-ring (bicyclic) bond motifs is 1. The molecule has 5 nitrogen and oxygen atoms in total. The van der Waals surface area contributed by atoms with E-state index in [2.05, 4.69) is 0 Å². The Kier molecular flexibility index (Phi) is 4.31. The van der Waals surface area contributed by atoms with Crippen molar-refractivity contribution in [3.8, 4) is 0 Å². The number of hydrogen-bond acceptors (Lipinski definition) is 3. The van der Waals surface area contributed by atoms with Crippen molar-refractivity contribution in [2.24, 2.45) is 0 Å². The topological polar surface area (TPSA) is 74.7 Å². The van der Waals surface area contributed by atoms with Crippen LogP contribution in [0.1, 0.15) is 17.3 Å². The van der Waals surface area contributed by atoms with E-state index in [-0.39, 0.29) is 11.3 Å². The van der Waals surface area contributed by atoms with E-state index in [1.165, 1.54) is 24.0 Å². The lowest BCUT2D eigenvalue weighted by atomic mass is 10.1. The predicted molar refractivity (Wildman–Crippen MR) is 95.2 cm³/mol. The molecule has 25 heavy (non-hydrogen) atoms. The lowest BCUT2D eigenvalue weighted by Crippen LogP contribution is -2.32. The SMILES string of the molecule is CC(=O)C(=O)N(c1ccccc1C(=O)O)c1cccc2ccccc12. The molecule has 5 heteroatoms. The molecule has 0 aromatic heterocycles. The number of carbonyl (C=O) groups is 3. The average molecular weight is 333 g/mol. The van der Waals surface area contributed by atoms with Gasteiger partial charge in [0.25, 0.3) is 5.91 Å². The highest BCUT2D eigenvalue weighted by Crippen LogP contribution is 2.34. The number of ketones is 1. The molecule has 3 aromatic rings. The molecule has 0 aliphatic heterocycles. The number of carbonyl (C=O) groups excluding carboxylic acids is 2. The fourth-order valence-electron chi connectivity index (χ4n) is 2.76. The Morgan fingerprint density at radius 1 is 0.800 bits per heavy atom. The summed E-state index contributed by atoms with van der Waals surface area (Å²) >= 11 is 0. The number of rotatable bonds is 4. The van der Waals surface area contributed by atoms with Crippen LogP contribution in [0.15, 0.2) is 66.7 Å². The van der Waals surface area contributed by atoms with Gasteiger partial charge in [0, 0.05) is 12.3 Å². The van der Waals surface area contributed by atoms with E-state index in [1.807, 2.05) is 30.3 Å². The molecule has 0 aliphatic rings. The van der Waals surface area contributed by atoms with Gasteiger partial charge in [-0.1, -0.05) is 48.5 Å². The highest BCUT2D eigenvalue weighted by atomic mass is 16.4. The third-order valence-corrected chi connectivity index (χ3v) is 3.89. The van der Waals surface area contributed by atoms with Gasteiger partial charge in [0.2, 0.25) is 5.78 Å². The summed E-state index contributed by atoms with van der Waals surface area (Å²) < 4.78 is 0. The zero-order chi connectivity index (χ0) is 18.0. The van der Waals surface area contributed by atoms with Crippen molar-refractivity contribution in [2.45, 2.75) is 6.92 Å². The first-order valence-corrected chi connectivity index (χ1v) is 7.66. The molecule has 0 saturated carbocycles. The highest BCUT2D eigenvalue weighted by molar-refractivity contribution is 6.43. The van der Waals surface area contributed by atoms with Gasteiger partial charge in [0.1, 0.15) is 0 Å². The fourth-order valence-corrected chi connectivity index (χ4v) is 2.76. The van der Waals surface area contributed by atoms with Crippen LogP contribution in [-0.2, 0) is 9.59 Å². The number of hydrogen-bond donors (Lipinski definition) is 1. The number of anilines is 2. The first-order valence-electron chi connectivity index (χ1n) is 7.66. The van der Waals surface area contributed by atoms with Gasteiger partial charge in [0.15, 0.2) is 0 Å². The second-order valence-corrected chi connectivity index (χ2v) is 5.52. The van der Waals surface area contributed by atoms with Crippen molar-refractivity contribution in [1.29, 1.82) is 0 Å². The Hall–Kier alpha value is -3.47. The van der Waals surface area contributed by atoms with E-state index in [0.29, 0.717) is 5.69 Å². The molecular weight excluding hydrogens is 318 g/mol. The van der Waals surface area contributed by atoms with Gasteiger partial charge < -0.3 is 5.11 Å². The van der Waals surface area contributed by atoms with Crippen molar-refractivity contribution in [3.63, 3.8) is 0 Å². The molecule has 3 rings (SSSR count). The second kappa shape index (κ2) is 6.57. The number of aromatic carboxylic acids is 1. The Balaban J connectivity index is 2.32. The number of Topliss-reactive ketones (excluding diaryl/α,β-unsaturated/α-hetero) is 1. The smallest absolute Gasteiger partial charge is 0.337 e. The standard InChI is InChI=1S/C20H15NO4/c1-13(22)19(23)21(18-11-5-4-10-16(18)20(24)25)17-12-6-8-14-7-2-3-9-15(14)17/h2-12H,1H3,(H,24,25). The first-order chi connectivity index (χ1) is 12.0. The number of carboxylic acids is 1. The Labute approximate surface area is 144 Å². The van der Waals surface area contributed by atoms with E-state index in [0.717, 1.165) is 10.8 Å². The van der Waals surface area contributed by atoms with Crippen LogP contribution >= 0.6 is 0 Å². The molecule has 0 bridgehead atoms. The lowest BCUT2D eigenvalue weighted by Gasteiger charge is -2.24. The van der Waals surface area contributed by atoms with E-state index in [1.54, 1.807) is 24.3 Å². The van der Waals surface area contributed by atoms with Crippen LogP contribution in [0.2, 0.25) is 0 Å². The number of para-hydroxylation sites is 1. The molecule has 1 N–H and O–H groups in total. The van der Waals surface area contributed by atoms with Crippen LogP contribution in [0.3, 0.4) is 0 Å². The summed E-state index contributed by atoms with van der Waals surface area (Å²) in [7, 11) is 0. The van der Waals surface area contributed by atoms with Gasteiger partial charge in [-0.2, -0.15) is 0 Å². The third-order valence-electron chi connectivity index (χ3n) is 3.89. The van der Waals surface area contributed by atoms with Gasteiger partial charge in [-0.05, 0) is 23.6 Å². The van der Waals surface area contributed by atoms with Crippen molar-refractivity contribution >= 4 is 39.8 Å². The minimum atomic E-state index is -1.17. The first kappa shape index (κ1) is 16.4. The third kappa shape index (κ3) is 2.99. The summed E-state index contributed by atoms with van der Waals surface area (Å²) in [5, 5.41) is 11.1. The van der Waals surface area contributed by atoms with E-state index < -0.39 is 17.7 Å². The Bertz CT molecular complexity index is 988. The van der Waals surface area contributed by atoms with E-state index >= 15 is 0 Å². The number of amides is 1. The van der Waals surface area contributed by atoms with E-state index in [9.17, 15) is 19.5 Å². The molecule has 0 spiro atoms. The van der Waals surface area contributed by atoms with Crippen molar-refractivity contribution in [3.05, 3.63) is 72.3 Å². The van der Waals surface area contributed by atoms with Gasteiger partial charge in [-0.15, -0.1) is 0 Å². The summed E-state index contributed by atoms with van der Waals surface area (Å²) in [5.41, 5.74) is 0.573. The zero-order valence-electron chi connectivity index (χ0n) is 13.5. The average Bonchev–Trinajstić information content (AvgIpc) is 2.62. The summed E-state index contributed by atoms with van der Waals surface area (Å²) in [5.74, 6) is -2.63. The molecule has 0 saturated heterocycles. The van der Waals surface area contributed by atoms with Crippen LogP contribution in [0.25, 0.3) is 10.8 Å².